The highest BCUT2D eigenvalue weighted by molar-refractivity contribution is 4.74. The monoisotopic (exact) mass is 159 g/mol. The van der Waals surface area contributed by atoms with Crippen molar-refractivity contribution in [2.45, 2.75) is 51.2 Å². The number of hydrogen-bond acceptors (Lipinski definition) is 1. The van der Waals surface area contributed by atoms with E-state index in [0.717, 1.165) is 13.0 Å². The van der Waals surface area contributed by atoms with Crippen molar-refractivity contribution in [1.29, 1.82) is 0 Å². The first-order chi connectivity index (χ1) is 5.33. The Morgan fingerprint density at radius 1 is 1.55 bits per heavy atom. The Morgan fingerprint density at radius 2 is 2.36 bits per heavy atom. The standard InChI is InChI=1S/C9H18FN/c1-2-8(10)7-9-5-3-4-6-11-9/h8-9,11H,2-7H2,1H3. The molecule has 0 aromatic carbocycles. The largest absolute Gasteiger partial charge is 0.314 e. The van der Waals surface area contributed by atoms with E-state index in [0.29, 0.717) is 12.5 Å². The fourth-order valence-corrected chi connectivity index (χ4v) is 1.60. The second kappa shape index (κ2) is 4.70. The molecule has 0 aromatic rings. The highest BCUT2D eigenvalue weighted by Crippen LogP contribution is 2.14. The maximum absolute atomic E-state index is 12.9. The van der Waals surface area contributed by atoms with Crippen LogP contribution in [-0.4, -0.2) is 18.8 Å². The average Bonchev–Trinajstić information content (AvgIpc) is 2.06. The number of alkyl halides is 1. The zero-order valence-corrected chi connectivity index (χ0v) is 7.28. The van der Waals surface area contributed by atoms with Crippen molar-refractivity contribution in [3.8, 4) is 0 Å². The highest BCUT2D eigenvalue weighted by atomic mass is 19.1. The maximum Gasteiger partial charge on any atom is 0.101 e. The molecule has 0 bridgehead atoms. The van der Waals surface area contributed by atoms with Crippen LogP contribution in [0.2, 0.25) is 0 Å². The van der Waals surface area contributed by atoms with Gasteiger partial charge in [0, 0.05) is 6.04 Å². The fraction of sp³-hybridized carbons (Fsp3) is 1.00. The Bertz CT molecular complexity index is 99.7. The van der Waals surface area contributed by atoms with Gasteiger partial charge in [-0.2, -0.15) is 0 Å². The lowest BCUT2D eigenvalue weighted by Crippen LogP contribution is -2.35. The van der Waals surface area contributed by atoms with Gasteiger partial charge in [-0.15, -0.1) is 0 Å². The minimum absolute atomic E-state index is 0.457. The molecule has 66 valence electrons. The molecule has 1 fully saturated rings. The topological polar surface area (TPSA) is 12.0 Å². The van der Waals surface area contributed by atoms with Crippen LogP contribution in [0.15, 0.2) is 0 Å². The predicted molar refractivity (Wildman–Crippen MR) is 45.4 cm³/mol. The van der Waals surface area contributed by atoms with E-state index in [2.05, 4.69) is 5.32 Å². The number of halogens is 1. The van der Waals surface area contributed by atoms with Crippen molar-refractivity contribution < 1.29 is 4.39 Å². The molecule has 1 aliphatic rings. The van der Waals surface area contributed by atoms with Gasteiger partial charge < -0.3 is 5.32 Å². The van der Waals surface area contributed by atoms with Crippen LogP contribution in [0.1, 0.15) is 39.0 Å². The smallest absolute Gasteiger partial charge is 0.101 e. The van der Waals surface area contributed by atoms with Gasteiger partial charge in [0.05, 0.1) is 0 Å². The first-order valence-corrected chi connectivity index (χ1v) is 4.70. The molecule has 2 atom stereocenters. The minimum atomic E-state index is -0.592. The van der Waals surface area contributed by atoms with Crippen LogP contribution < -0.4 is 5.32 Å². The Morgan fingerprint density at radius 3 is 2.91 bits per heavy atom. The Balaban J connectivity index is 2.13. The lowest BCUT2D eigenvalue weighted by atomic mass is 9.99. The molecular formula is C9H18FN. The van der Waals surface area contributed by atoms with Crippen LogP contribution >= 0.6 is 0 Å². The first-order valence-electron chi connectivity index (χ1n) is 4.70. The van der Waals surface area contributed by atoms with Crippen molar-refractivity contribution >= 4 is 0 Å². The number of piperidine rings is 1. The van der Waals surface area contributed by atoms with Crippen LogP contribution in [0.4, 0.5) is 4.39 Å². The van der Waals surface area contributed by atoms with Crippen molar-refractivity contribution in [3.63, 3.8) is 0 Å². The molecule has 1 saturated heterocycles. The van der Waals surface area contributed by atoms with Crippen LogP contribution in [-0.2, 0) is 0 Å². The molecule has 1 heterocycles. The van der Waals surface area contributed by atoms with Crippen molar-refractivity contribution in [3.05, 3.63) is 0 Å². The van der Waals surface area contributed by atoms with E-state index in [4.69, 9.17) is 0 Å². The third kappa shape index (κ3) is 3.19. The van der Waals surface area contributed by atoms with Gasteiger partial charge in [0.25, 0.3) is 0 Å². The molecule has 0 saturated carbocycles. The van der Waals surface area contributed by atoms with E-state index >= 15 is 0 Å². The third-order valence-corrected chi connectivity index (χ3v) is 2.40. The summed E-state index contributed by atoms with van der Waals surface area (Å²) in [5.41, 5.74) is 0. The normalized spacial score (nSPS) is 28.4. The molecule has 1 aliphatic heterocycles. The quantitative estimate of drug-likeness (QED) is 0.666. The van der Waals surface area contributed by atoms with E-state index in [1.165, 1.54) is 19.3 Å². The summed E-state index contributed by atoms with van der Waals surface area (Å²) in [5.74, 6) is 0. The zero-order valence-electron chi connectivity index (χ0n) is 7.28. The molecule has 2 unspecified atom stereocenters. The van der Waals surface area contributed by atoms with Gasteiger partial charge in [0.15, 0.2) is 0 Å². The van der Waals surface area contributed by atoms with Gasteiger partial charge in [-0.05, 0) is 32.2 Å². The second-order valence-corrected chi connectivity index (χ2v) is 3.39. The summed E-state index contributed by atoms with van der Waals surface area (Å²) in [4.78, 5) is 0. The summed E-state index contributed by atoms with van der Waals surface area (Å²) < 4.78 is 12.9. The van der Waals surface area contributed by atoms with Gasteiger partial charge in [-0.25, -0.2) is 4.39 Å². The van der Waals surface area contributed by atoms with Gasteiger partial charge >= 0.3 is 0 Å². The maximum atomic E-state index is 12.9. The lowest BCUT2D eigenvalue weighted by molar-refractivity contribution is 0.251. The molecular weight excluding hydrogens is 141 g/mol. The van der Waals surface area contributed by atoms with E-state index < -0.39 is 6.17 Å². The average molecular weight is 159 g/mol. The van der Waals surface area contributed by atoms with E-state index in [9.17, 15) is 4.39 Å². The summed E-state index contributed by atoms with van der Waals surface area (Å²) in [6.07, 6.45) is 4.49. The Labute approximate surface area is 68.4 Å². The molecule has 0 spiro atoms. The molecule has 0 radical (unpaired) electrons. The fourth-order valence-electron chi connectivity index (χ4n) is 1.60. The molecule has 0 aromatic heterocycles. The SMILES string of the molecule is CCC(F)CC1CCCCN1. The second-order valence-electron chi connectivity index (χ2n) is 3.39. The van der Waals surface area contributed by atoms with Gasteiger partial charge in [0.1, 0.15) is 6.17 Å². The highest BCUT2D eigenvalue weighted by Gasteiger charge is 2.16. The van der Waals surface area contributed by atoms with Crippen molar-refractivity contribution in [2.75, 3.05) is 6.54 Å². The summed E-state index contributed by atoms with van der Waals surface area (Å²) in [6.45, 7) is 2.99. The number of hydrogen-bond donors (Lipinski definition) is 1. The lowest BCUT2D eigenvalue weighted by Gasteiger charge is -2.24. The minimum Gasteiger partial charge on any atom is -0.314 e. The molecule has 11 heavy (non-hydrogen) atoms. The zero-order chi connectivity index (χ0) is 8.10. The van der Waals surface area contributed by atoms with Crippen LogP contribution in [0.3, 0.4) is 0 Å². The van der Waals surface area contributed by atoms with Gasteiger partial charge in [-0.3, -0.25) is 0 Å². The van der Waals surface area contributed by atoms with Crippen molar-refractivity contribution in [1.82, 2.24) is 5.32 Å². The molecule has 0 aliphatic carbocycles. The van der Waals surface area contributed by atoms with E-state index in [1.54, 1.807) is 0 Å². The summed E-state index contributed by atoms with van der Waals surface area (Å²) in [5, 5.41) is 3.34. The van der Waals surface area contributed by atoms with Crippen molar-refractivity contribution in [2.24, 2.45) is 0 Å². The molecule has 1 N–H and O–H groups in total. The van der Waals surface area contributed by atoms with E-state index in [-0.39, 0.29) is 0 Å². The third-order valence-electron chi connectivity index (χ3n) is 2.40. The van der Waals surface area contributed by atoms with Crippen LogP contribution in [0, 0.1) is 0 Å². The molecule has 2 heteroatoms. The summed E-state index contributed by atoms with van der Waals surface area (Å²) in [7, 11) is 0. The summed E-state index contributed by atoms with van der Waals surface area (Å²) >= 11 is 0. The summed E-state index contributed by atoms with van der Waals surface area (Å²) in [6, 6.07) is 0.457. The molecule has 0 amide bonds. The number of rotatable bonds is 3. The van der Waals surface area contributed by atoms with Crippen LogP contribution in [0.25, 0.3) is 0 Å². The predicted octanol–water partition coefficient (Wildman–Crippen LogP) is 2.27. The Kier molecular flexibility index (Phi) is 3.84. The van der Waals surface area contributed by atoms with Gasteiger partial charge in [0.2, 0.25) is 0 Å². The van der Waals surface area contributed by atoms with Crippen LogP contribution in [0.5, 0.6) is 0 Å². The van der Waals surface area contributed by atoms with Gasteiger partial charge in [-0.1, -0.05) is 13.3 Å². The molecule has 1 rings (SSSR count). The first kappa shape index (κ1) is 8.98. The molecule has 1 nitrogen and oxygen atoms in total. The Hall–Kier alpha value is -0.110. The number of nitrogens with one attached hydrogen (secondary N) is 1. The van der Waals surface area contributed by atoms with E-state index in [1.807, 2.05) is 6.92 Å².